The van der Waals surface area contributed by atoms with Crippen molar-refractivity contribution in [1.82, 2.24) is 14.1 Å². The van der Waals surface area contributed by atoms with Crippen LogP contribution < -0.4 is 4.72 Å². The van der Waals surface area contributed by atoms with Gasteiger partial charge in [-0.1, -0.05) is 30.5 Å². The third kappa shape index (κ3) is 2.78. The average Bonchev–Trinajstić information content (AvgIpc) is 2.77. The van der Waals surface area contributed by atoms with Crippen LogP contribution in [0.15, 0.2) is 29.4 Å². The molecule has 0 radical (unpaired) electrons. The van der Waals surface area contributed by atoms with E-state index in [1.807, 2.05) is 0 Å². The summed E-state index contributed by atoms with van der Waals surface area (Å²) in [4.78, 5) is 4.04. The van der Waals surface area contributed by atoms with Gasteiger partial charge in [-0.3, -0.25) is 4.40 Å². The van der Waals surface area contributed by atoms with Gasteiger partial charge in [0.15, 0.2) is 10.2 Å². The van der Waals surface area contributed by atoms with Crippen molar-refractivity contribution < 1.29 is 13.5 Å². The number of rotatable bonds is 3. The molecule has 1 fully saturated rings. The molecule has 0 aromatic carbocycles. The Morgan fingerprint density at radius 1 is 1.33 bits per heavy atom. The first kappa shape index (κ1) is 14.8. The zero-order valence-corrected chi connectivity index (χ0v) is 12.8. The van der Waals surface area contributed by atoms with Crippen LogP contribution in [0.4, 0.5) is 0 Å². The van der Waals surface area contributed by atoms with E-state index >= 15 is 0 Å². The zero-order valence-electron chi connectivity index (χ0n) is 11.2. The lowest BCUT2D eigenvalue weighted by molar-refractivity contribution is 0.101. The fraction of sp³-hybridized carbons (Fsp3) is 0.462. The van der Waals surface area contributed by atoms with Crippen LogP contribution in [-0.4, -0.2) is 35.1 Å². The maximum atomic E-state index is 12.6. The summed E-state index contributed by atoms with van der Waals surface area (Å²) >= 11 is 5.99. The number of aromatic nitrogens is 2. The molecule has 0 bridgehead atoms. The number of aliphatic hydroxyl groups excluding tert-OH is 1. The van der Waals surface area contributed by atoms with E-state index in [1.54, 1.807) is 24.4 Å². The molecule has 8 heteroatoms. The van der Waals surface area contributed by atoms with E-state index in [1.165, 1.54) is 4.40 Å². The fourth-order valence-electron chi connectivity index (χ4n) is 2.69. The summed E-state index contributed by atoms with van der Waals surface area (Å²) in [6, 6.07) is 4.67. The van der Waals surface area contributed by atoms with Gasteiger partial charge in [0.1, 0.15) is 5.65 Å². The van der Waals surface area contributed by atoms with Gasteiger partial charge in [-0.2, -0.15) is 0 Å². The third-order valence-corrected chi connectivity index (χ3v) is 5.62. The van der Waals surface area contributed by atoms with Gasteiger partial charge in [0.05, 0.1) is 6.10 Å². The van der Waals surface area contributed by atoms with Crippen molar-refractivity contribution in [2.24, 2.45) is 0 Å². The van der Waals surface area contributed by atoms with Gasteiger partial charge < -0.3 is 5.11 Å². The molecule has 1 saturated carbocycles. The Bertz CT molecular complexity index is 759. The second kappa shape index (κ2) is 5.57. The van der Waals surface area contributed by atoms with Crippen LogP contribution in [0.2, 0.25) is 5.15 Å². The minimum atomic E-state index is -3.85. The van der Waals surface area contributed by atoms with Crippen LogP contribution >= 0.6 is 11.6 Å². The number of sulfonamides is 1. The highest BCUT2D eigenvalue weighted by Crippen LogP contribution is 2.25. The molecule has 2 aromatic heterocycles. The molecule has 1 aliphatic carbocycles. The smallest absolute Gasteiger partial charge is 0.260 e. The molecule has 0 spiro atoms. The SMILES string of the molecule is O=S(=O)(NC1CCCCC1O)c1c(Cl)nc2ccccn12. The number of hydrogen-bond acceptors (Lipinski definition) is 4. The van der Waals surface area contributed by atoms with Crippen molar-refractivity contribution in [2.45, 2.75) is 42.9 Å². The van der Waals surface area contributed by atoms with Crippen molar-refractivity contribution in [1.29, 1.82) is 0 Å². The largest absolute Gasteiger partial charge is 0.391 e. The minimum absolute atomic E-state index is 0.0704. The molecule has 3 rings (SSSR count). The third-order valence-electron chi connectivity index (χ3n) is 3.74. The van der Waals surface area contributed by atoms with Gasteiger partial charge in [-0.15, -0.1) is 0 Å². The lowest BCUT2D eigenvalue weighted by Crippen LogP contribution is -2.45. The van der Waals surface area contributed by atoms with E-state index in [2.05, 4.69) is 9.71 Å². The highest BCUT2D eigenvalue weighted by Gasteiger charge is 2.31. The van der Waals surface area contributed by atoms with Gasteiger partial charge in [0, 0.05) is 12.2 Å². The predicted octanol–water partition coefficient (Wildman–Crippen LogP) is 1.57. The molecule has 2 N–H and O–H groups in total. The van der Waals surface area contributed by atoms with Gasteiger partial charge in [0.2, 0.25) is 0 Å². The molecular formula is C13H16ClN3O3S. The van der Waals surface area contributed by atoms with Crippen molar-refractivity contribution in [3.63, 3.8) is 0 Å². The zero-order chi connectivity index (χ0) is 15.0. The summed E-state index contributed by atoms with van der Waals surface area (Å²) in [6.07, 6.45) is 3.97. The first-order chi connectivity index (χ1) is 9.99. The lowest BCUT2D eigenvalue weighted by atomic mass is 9.93. The fourth-order valence-corrected chi connectivity index (χ4v) is 4.64. The summed E-state index contributed by atoms with van der Waals surface area (Å²) < 4.78 is 29.1. The molecular weight excluding hydrogens is 314 g/mol. The summed E-state index contributed by atoms with van der Waals surface area (Å²) in [5, 5.41) is 9.77. The number of aliphatic hydroxyl groups is 1. The normalized spacial score (nSPS) is 23.5. The Hall–Kier alpha value is -1.15. The van der Waals surface area contributed by atoms with Crippen molar-refractivity contribution in [3.8, 4) is 0 Å². The van der Waals surface area contributed by atoms with Crippen molar-refractivity contribution >= 4 is 27.3 Å². The van der Waals surface area contributed by atoms with Gasteiger partial charge in [0.25, 0.3) is 10.0 Å². The molecule has 114 valence electrons. The summed E-state index contributed by atoms with van der Waals surface area (Å²) in [6.45, 7) is 0. The predicted molar refractivity (Wildman–Crippen MR) is 78.8 cm³/mol. The van der Waals surface area contributed by atoms with Crippen LogP contribution in [0, 0.1) is 0 Å². The molecule has 2 aromatic rings. The molecule has 1 aliphatic rings. The molecule has 2 unspecified atom stereocenters. The molecule has 2 heterocycles. The summed E-state index contributed by atoms with van der Waals surface area (Å²) in [7, 11) is -3.85. The van der Waals surface area contributed by atoms with Gasteiger partial charge in [-0.25, -0.2) is 18.1 Å². The van der Waals surface area contributed by atoms with Crippen LogP contribution in [-0.2, 0) is 10.0 Å². The Labute approximate surface area is 127 Å². The number of halogens is 1. The molecule has 0 saturated heterocycles. The van der Waals surface area contributed by atoms with Crippen LogP contribution in [0.25, 0.3) is 5.65 Å². The second-order valence-corrected chi connectivity index (χ2v) is 7.20. The van der Waals surface area contributed by atoms with E-state index in [9.17, 15) is 13.5 Å². The summed E-state index contributed by atoms with van der Waals surface area (Å²) in [5.74, 6) is 0. The number of pyridine rings is 1. The second-order valence-electron chi connectivity index (χ2n) is 5.22. The molecule has 6 nitrogen and oxygen atoms in total. The van der Waals surface area contributed by atoms with Crippen molar-refractivity contribution in [2.75, 3.05) is 0 Å². The van der Waals surface area contributed by atoms with E-state index in [4.69, 9.17) is 11.6 Å². The first-order valence-corrected chi connectivity index (χ1v) is 8.68. The molecule has 0 aliphatic heterocycles. The van der Waals surface area contributed by atoms with Crippen molar-refractivity contribution in [3.05, 3.63) is 29.5 Å². The average molecular weight is 330 g/mol. The number of nitrogens with one attached hydrogen (secondary N) is 1. The van der Waals surface area contributed by atoms with E-state index in [-0.39, 0.29) is 10.2 Å². The standard InChI is InChI=1S/C13H16ClN3O3S/c14-12-13(17-8-4-3-7-11(17)15-12)21(19,20)16-9-5-1-2-6-10(9)18/h3-4,7-10,16,18H,1-2,5-6H2. The number of imidazole rings is 1. The molecule has 0 amide bonds. The van der Waals surface area contributed by atoms with Crippen LogP contribution in [0.1, 0.15) is 25.7 Å². The quantitative estimate of drug-likeness (QED) is 0.895. The van der Waals surface area contributed by atoms with Gasteiger partial charge >= 0.3 is 0 Å². The number of fused-ring (bicyclic) bond motifs is 1. The molecule has 21 heavy (non-hydrogen) atoms. The highest BCUT2D eigenvalue weighted by molar-refractivity contribution is 7.89. The minimum Gasteiger partial charge on any atom is -0.391 e. The van der Waals surface area contributed by atoms with Crippen LogP contribution in [0.5, 0.6) is 0 Å². The molecule has 2 atom stereocenters. The lowest BCUT2D eigenvalue weighted by Gasteiger charge is -2.27. The highest BCUT2D eigenvalue weighted by atomic mass is 35.5. The Morgan fingerprint density at radius 2 is 2.10 bits per heavy atom. The topological polar surface area (TPSA) is 83.7 Å². The first-order valence-electron chi connectivity index (χ1n) is 6.82. The van der Waals surface area contributed by atoms with Crippen LogP contribution in [0.3, 0.4) is 0 Å². The van der Waals surface area contributed by atoms with E-state index in [0.29, 0.717) is 18.5 Å². The Morgan fingerprint density at radius 3 is 2.86 bits per heavy atom. The Kier molecular flexibility index (Phi) is 3.92. The van der Waals surface area contributed by atoms with E-state index < -0.39 is 22.2 Å². The maximum absolute atomic E-state index is 12.6. The maximum Gasteiger partial charge on any atom is 0.260 e. The summed E-state index contributed by atoms with van der Waals surface area (Å²) in [5.41, 5.74) is 0.465. The van der Waals surface area contributed by atoms with Gasteiger partial charge in [-0.05, 0) is 25.0 Å². The monoisotopic (exact) mass is 329 g/mol. The number of nitrogens with zero attached hydrogens (tertiary/aromatic N) is 2. The Balaban J connectivity index is 1.98. The number of hydrogen-bond donors (Lipinski definition) is 2. The van der Waals surface area contributed by atoms with E-state index in [0.717, 1.165) is 12.8 Å².